The number of ether oxygens (including phenoxy) is 1. The third-order valence-electron chi connectivity index (χ3n) is 4.41. The van der Waals surface area contributed by atoms with E-state index < -0.39 is 18.0 Å². The summed E-state index contributed by atoms with van der Waals surface area (Å²) in [6.07, 6.45) is 0.951. The fourth-order valence-corrected chi connectivity index (χ4v) is 2.92. The minimum Gasteiger partial charge on any atom is -0.477 e. The smallest absolute Gasteiger partial charge is 0.321 e. The van der Waals surface area contributed by atoms with Gasteiger partial charge in [0.15, 0.2) is 6.10 Å². The highest BCUT2D eigenvalue weighted by molar-refractivity contribution is 5.97. The predicted molar refractivity (Wildman–Crippen MR) is 103 cm³/mol. The second-order valence-corrected chi connectivity index (χ2v) is 6.38. The maximum absolute atomic E-state index is 12.6. The standard InChI is InChI=1S/C19H28N4O4/c1-4-13(5-2)21-18(25)16-11-23(12-17(24)22-19(26)20-6-3)14-9-7-8-10-15(14)27-16/h7-10,13,16H,4-6,11-12H2,1-3H3,(H,21,25)(H2,20,22,24,26)/t16-/m1/s1. The number of carbonyl (C=O) groups excluding carboxylic acids is 3. The van der Waals surface area contributed by atoms with Crippen molar-refractivity contribution in [1.29, 1.82) is 0 Å². The number of fused-ring (bicyclic) bond motifs is 1. The van der Waals surface area contributed by atoms with Crippen LogP contribution in [0, 0.1) is 0 Å². The predicted octanol–water partition coefficient (Wildman–Crippen LogP) is 1.40. The zero-order valence-corrected chi connectivity index (χ0v) is 16.1. The lowest BCUT2D eigenvalue weighted by atomic mass is 10.1. The van der Waals surface area contributed by atoms with Crippen molar-refractivity contribution >= 4 is 23.5 Å². The topological polar surface area (TPSA) is 99.8 Å². The van der Waals surface area contributed by atoms with Crippen molar-refractivity contribution in [3.8, 4) is 5.75 Å². The molecule has 1 aliphatic heterocycles. The number of para-hydroxylation sites is 2. The average molecular weight is 376 g/mol. The van der Waals surface area contributed by atoms with E-state index in [1.54, 1.807) is 17.9 Å². The Morgan fingerprint density at radius 3 is 2.56 bits per heavy atom. The van der Waals surface area contributed by atoms with Crippen molar-refractivity contribution < 1.29 is 19.1 Å². The van der Waals surface area contributed by atoms with E-state index in [9.17, 15) is 14.4 Å². The van der Waals surface area contributed by atoms with E-state index in [1.807, 2.05) is 32.0 Å². The molecule has 0 saturated heterocycles. The molecular formula is C19H28N4O4. The minimum atomic E-state index is -0.724. The summed E-state index contributed by atoms with van der Waals surface area (Å²) in [7, 11) is 0. The molecule has 1 aliphatic rings. The van der Waals surface area contributed by atoms with Crippen molar-refractivity contribution in [3.63, 3.8) is 0 Å². The van der Waals surface area contributed by atoms with Gasteiger partial charge in [-0.15, -0.1) is 0 Å². The van der Waals surface area contributed by atoms with Crippen LogP contribution in [0.15, 0.2) is 24.3 Å². The summed E-state index contributed by atoms with van der Waals surface area (Å²) in [6, 6.07) is 6.79. The fraction of sp³-hybridized carbons (Fsp3) is 0.526. The largest absolute Gasteiger partial charge is 0.477 e. The molecule has 1 aromatic rings. The Hall–Kier alpha value is -2.77. The van der Waals surface area contributed by atoms with Crippen LogP contribution in [0.1, 0.15) is 33.6 Å². The summed E-state index contributed by atoms with van der Waals surface area (Å²) in [4.78, 5) is 38.1. The van der Waals surface area contributed by atoms with E-state index in [4.69, 9.17) is 4.74 Å². The van der Waals surface area contributed by atoms with Gasteiger partial charge in [0, 0.05) is 12.6 Å². The molecule has 0 spiro atoms. The number of nitrogens with zero attached hydrogens (tertiary/aromatic N) is 1. The van der Waals surface area contributed by atoms with Crippen molar-refractivity contribution in [2.24, 2.45) is 0 Å². The van der Waals surface area contributed by atoms with Crippen LogP contribution in [-0.4, -0.2) is 49.6 Å². The third kappa shape index (κ3) is 5.60. The van der Waals surface area contributed by atoms with E-state index in [0.29, 0.717) is 12.3 Å². The molecule has 27 heavy (non-hydrogen) atoms. The summed E-state index contributed by atoms with van der Waals surface area (Å²) in [6.45, 7) is 6.41. The molecule has 148 valence electrons. The van der Waals surface area contributed by atoms with E-state index in [1.165, 1.54) is 0 Å². The zero-order chi connectivity index (χ0) is 19.8. The van der Waals surface area contributed by atoms with Gasteiger partial charge < -0.3 is 20.3 Å². The summed E-state index contributed by atoms with van der Waals surface area (Å²) in [5.74, 6) is -0.108. The number of hydrogen-bond donors (Lipinski definition) is 3. The maximum atomic E-state index is 12.6. The lowest BCUT2D eigenvalue weighted by Gasteiger charge is -2.35. The fourth-order valence-electron chi connectivity index (χ4n) is 2.92. The number of rotatable bonds is 7. The molecule has 0 aromatic heterocycles. The number of benzene rings is 1. The van der Waals surface area contributed by atoms with Gasteiger partial charge in [0.2, 0.25) is 5.91 Å². The molecule has 0 unspecified atom stereocenters. The molecule has 1 aromatic carbocycles. The number of hydrogen-bond acceptors (Lipinski definition) is 5. The highest BCUT2D eigenvalue weighted by atomic mass is 16.5. The van der Waals surface area contributed by atoms with Crippen LogP contribution in [0.3, 0.4) is 0 Å². The number of carbonyl (C=O) groups is 3. The molecule has 0 radical (unpaired) electrons. The normalized spacial score (nSPS) is 15.6. The summed E-state index contributed by atoms with van der Waals surface area (Å²) in [5, 5.41) is 7.78. The summed E-state index contributed by atoms with van der Waals surface area (Å²) < 4.78 is 5.85. The average Bonchev–Trinajstić information content (AvgIpc) is 2.65. The van der Waals surface area contributed by atoms with Gasteiger partial charge in [0.1, 0.15) is 5.75 Å². The minimum absolute atomic E-state index is 0.0493. The molecule has 2 rings (SSSR count). The SMILES string of the molecule is CCNC(=O)NC(=O)CN1C[C@H](C(=O)NC(CC)CC)Oc2ccccc21. The van der Waals surface area contributed by atoms with Crippen molar-refractivity contribution in [3.05, 3.63) is 24.3 Å². The maximum Gasteiger partial charge on any atom is 0.321 e. The first-order valence-electron chi connectivity index (χ1n) is 9.37. The summed E-state index contributed by atoms with van der Waals surface area (Å²) >= 11 is 0. The molecule has 4 amide bonds. The van der Waals surface area contributed by atoms with E-state index in [2.05, 4.69) is 16.0 Å². The Labute approximate surface area is 159 Å². The lowest BCUT2D eigenvalue weighted by molar-refractivity contribution is -0.129. The molecule has 8 nitrogen and oxygen atoms in total. The van der Waals surface area contributed by atoms with Gasteiger partial charge in [-0.1, -0.05) is 26.0 Å². The molecule has 0 bridgehead atoms. The van der Waals surface area contributed by atoms with Gasteiger partial charge in [0.05, 0.1) is 18.8 Å². The number of imide groups is 1. The number of nitrogens with one attached hydrogen (secondary N) is 3. The Morgan fingerprint density at radius 2 is 1.89 bits per heavy atom. The lowest BCUT2D eigenvalue weighted by Crippen LogP contribution is -2.53. The highest BCUT2D eigenvalue weighted by Gasteiger charge is 2.32. The van der Waals surface area contributed by atoms with Gasteiger partial charge >= 0.3 is 6.03 Å². The first kappa shape index (κ1) is 20.5. The van der Waals surface area contributed by atoms with E-state index >= 15 is 0 Å². The second kappa shape index (κ2) is 9.80. The van der Waals surface area contributed by atoms with Gasteiger partial charge in [-0.3, -0.25) is 14.9 Å². The molecule has 1 heterocycles. The second-order valence-electron chi connectivity index (χ2n) is 6.38. The molecule has 1 atom stereocenters. The van der Waals surface area contributed by atoms with Gasteiger partial charge in [-0.2, -0.15) is 0 Å². The molecule has 3 N–H and O–H groups in total. The Kier molecular flexibility index (Phi) is 7.45. The monoisotopic (exact) mass is 376 g/mol. The zero-order valence-electron chi connectivity index (χ0n) is 16.1. The third-order valence-corrected chi connectivity index (χ3v) is 4.41. The number of anilines is 1. The van der Waals surface area contributed by atoms with Crippen LogP contribution < -0.4 is 25.6 Å². The van der Waals surface area contributed by atoms with Gasteiger partial charge in [-0.05, 0) is 31.9 Å². The first-order valence-corrected chi connectivity index (χ1v) is 9.37. The Morgan fingerprint density at radius 1 is 1.19 bits per heavy atom. The Balaban J connectivity index is 2.10. The van der Waals surface area contributed by atoms with E-state index in [0.717, 1.165) is 18.5 Å². The molecular weight excluding hydrogens is 348 g/mol. The van der Waals surface area contributed by atoms with E-state index in [-0.39, 0.29) is 25.0 Å². The Bertz CT molecular complexity index is 675. The quantitative estimate of drug-likeness (QED) is 0.668. The van der Waals surface area contributed by atoms with Gasteiger partial charge in [-0.25, -0.2) is 4.79 Å². The first-order chi connectivity index (χ1) is 13.0. The molecule has 0 saturated carbocycles. The molecule has 0 aliphatic carbocycles. The van der Waals surface area contributed by atoms with Crippen LogP contribution in [0.4, 0.5) is 10.5 Å². The van der Waals surface area contributed by atoms with Crippen molar-refractivity contribution in [2.45, 2.75) is 45.8 Å². The molecule has 8 heteroatoms. The summed E-state index contributed by atoms with van der Waals surface area (Å²) in [5.41, 5.74) is 0.718. The van der Waals surface area contributed by atoms with Crippen LogP contribution in [-0.2, 0) is 9.59 Å². The number of amides is 4. The number of urea groups is 1. The van der Waals surface area contributed by atoms with Crippen LogP contribution in [0.25, 0.3) is 0 Å². The molecule has 0 fully saturated rings. The van der Waals surface area contributed by atoms with Gasteiger partial charge in [0.25, 0.3) is 5.91 Å². The highest BCUT2D eigenvalue weighted by Crippen LogP contribution is 2.32. The van der Waals surface area contributed by atoms with Crippen molar-refractivity contribution in [2.75, 3.05) is 24.5 Å². The van der Waals surface area contributed by atoms with Crippen molar-refractivity contribution in [1.82, 2.24) is 16.0 Å². The van der Waals surface area contributed by atoms with Crippen LogP contribution >= 0.6 is 0 Å². The van der Waals surface area contributed by atoms with Crippen LogP contribution in [0.5, 0.6) is 5.75 Å². The van der Waals surface area contributed by atoms with Crippen LogP contribution in [0.2, 0.25) is 0 Å².